The van der Waals surface area contributed by atoms with Crippen molar-refractivity contribution in [1.29, 1.82) is 0 Å². The second-order valence-corrected chi connectivity index (χ2v) is 3.82. The summed E-state index contributed by atoms with van der Waals surface area (Å²) in [6, 6.07) is 3.59. The molecule has 4 heteroatoms. The van der Waals surface area contributed by atoms with Crippen molar-refractivity contribution >= 4 is 5.97 Å². The number of aryl methyl sites for hydroxylation is 1. The van der Waals surface area contributed by atoms with Crippen molar-refractivity contribution in [1.82, 2.24) is 0 Å². The summed E-state index contributed by atoms with van der Waals surface area (Å²) in [6.07, 6.45) is 0.784. The zero-order valence-electron chi connectivity index (χ0n) is 10.6. The van der Waals surface area contributed by atoms with Gasteiger partial charge in [-0.2, -0.15) is 0 Å². The molecule has 0 aromatic heterocycles. The largest absolute Gasteiger partial charge is 0.496 e. The number of methoxy groups -OCH3 is 2. The fourth-order valence-electron chi connectivity index (χ4n) is 1.74. The van der Waals surface area contributed by atoms with E-state index in [4.69, 9.17) is 14.6 Å². The lowest BCUT2D eigenvalue weighted by atomic mass is 9.96. The Kier molecular flexibility index (Phi) is 4.37. The van der Waals surface area contributed by atoms with Crippen LogP contribution < -0.4 is 9.47 Å². The summed E-state index contributed by atoms with van der Waals surface area (Å²) in [6.45, 7) is 3.64. The van der Waals surface area contributed by atoms with E-state index < -0.39 is 11.9 Å². The third-order valence-corrected chi connectivity index (χ3v) is 2.85. The monoisotopic (exact) mass is 238 g/mol. The van der Waals surface area contributed by atoms with Crippen LogP contribution in [0.5, 0.6) is 11.5 Å². The molecular weight excluding hydrogens is 220 g/mol. The van der Waals surface area contributed by atoms with Gasteiger partial charge in [0.15, 0.2) is 0 Å². The fourth-order valence-corrected chi connectivity index (χ4v) is 1.74. The quantitative estimate of drug-likeness (QED) is 0.856. The van der Waals surface area contributed by atoms with Crippen LogP contribution in [0.1, 0.15) is 30.9 Å². The van der Waals surface area contributed by atoms with Gasteiger partial charge < -0.3 is 14.6 Å². The van der Waals surface area contributed by atoms with Gasteiger partial charge in [-0.05, 0) is 25.0 Å². The Morgan fingerprint density at radius 3 is 2.29 bits per heavy atom. The number of ether oxygens (including phenoxy) is 2. The molecule has 1 atom stereocenters. The van der Waals surface area contributed by atoms with Crippen LogP contribution in [0, 0.1) is 0 Å². The van der Waals surface area contributed by atoms with Gasteiger partial charge in [-0.3, -0.25) is 4.79 Å². The van der Waals surface area contributed by atoms with E-state index in [1.165, 1.54) is 7.11 Å². The SMILES string of the molecule is CCc1cc(C(C)C(=O)O)c(OC)cc1OC. The molecule has 1 N–H and O–H groups in total. The van der Waals surface area contributed by atoms with Crippen molar-refractivity contribution < 1.29 is 19.4 Å². The second-order valence-electron chi connectivity index (χ2n) is 3.82. The minimum Gasteiger partial charge on any atom is -0.496 e. The van der Waals surface area contributed by atoms with Gasteiger partial charge in [-0.25, -0.2) is 0 Å². The molecule has 1 rings (SSSR count). The van der Waals surface area contributed by atoms with Crippen LogP contribution in [0.15, 0.2) is 12.1 Å². The summed E-state index contributed by atoms with van der Waals surface area (Å²) in [5, 5.41) is 9.06. The molecule has 0 saturated carbocycles. The summed E-state index contributed by atoms with van der Waals surface area (Å²) in [5.41, 5.74) is 1.66. The number of carboxylic acid groups (broad SMARTS) is 1. The normalized spacial score (nSPS) is 12.0. The average molecular weight is 238 g/mol. The maximum atomic E-state index is 11.0. The minimum atomic E-state index is -0.865. The van der Waals surface area contributed by atoms with Gasteiger partial charge >= 0.3 is 5.97 Å². The van der Waals surface area contributed by atoms with Crippen LogP contribution in [-0.4, -0.2) is 25.3 Å². The van der Waals surface area contributed by atoms with Crippen molar-refractivity contribution in [3.05, 3.63) is 23.3 Å². The van der Waals surface area contributed by atoms with E-state index in [0.29, 0.717) is 11.3 Å². The van der Waals surface area contributed by atoms with Gasteiger partial charge in [0.25, 0.3) is 0 Å². The number of aliphatic carboxylic acids is 1. The van der Waals surface area contributed by atoms with E-state index in [1.54, 1.807) is 20.1 Å². The first-order chi connectivity index (χ1) is 8.04. The lowest BCUT2D eigenvalue weighted by molar-refractivity contribution is -0.138. The number of hydrogen-bond acceptors (Lipinski definition) is 3. The minimum absolute atomic E-state index is 0.550. The summed E-state index contributed by atoms with van der Waals surface area (Å²) in [5.74, 6) is -0.184. The highest BCUT2D eigenvalue weighted by molar-refractivity contribution is 5.77. The maximum Gasteiger partial charge on any atom is 0.310 e. The van der Waals surface area contributed by atoms with Gasteiger partial charge in [0.1, 0.15) is 11.5 Å². The van der Waals surface area contributed by atoms with Crippen molar-refractivity contribution in [2.45, 2.75) is 26.2 Å². The Balaban J connectivity index is 3.33. The molecule has 0 aliphatic heterocycles. The number of carboxylic acids is 1. The highest BCUT2D eigenvalue weighted by Gasteiger charge is 2.20. The van der Waals surface area contributed by atoms with E-state index in [2.05, 4.69) is 0 Å². The van der Waals surface area contributed by atoms with Gasteiger partial charge in [0.05, 0.1) is 20.1 Å². The number of hydrogen-bond donors (Lipinski definition) is 1. The lowest BCUT2D eigenvalue weighted by Gasteiger charge is -2.16. The van der Waals surface area contributed by atoms with Crippen LogP contribution in [-0.2, 0) is 11.2 Å². The Morgan fingerprint density at radius 1 is 1.29 bits per heavy atom. The Morgan fingerprint density at radius 2 is 1.88 bits per heavy atom. The molecule has 94 valence electrons. The van der Waals surface area contributed by atoms with Crippen LogP contribution in [0.4, 0.5) is 0 Å². The first-order valence-electron chi connectivity index (χ1n) is 5.52. The molecule has 1 aromatic rings. The fraction of sp³-hybridized carbons (Fsp3) is 0.462. The molecule has 17 heavy (non-hydrogen) atoms. The molecule has 0 spiro atoms. The molecule has 0 aliphatic rings. The highest BCUT2D eigenvalue weighted by Crippen LogP contribution is 2.34. The van der Waals surface area contributed by atoms with Crippen molar-refractivity contribution in [3.63, 3.8) is 0 Å². The summed E-state index contributed by atoms with van der Waals surface area (Å²) < 4.78 is 10.5. The third kappa shape index (κ3) is 2.70. The van der Waals surface area contributed by atoms with Crippen LogP contribution >= 0.6 is 0 Å². The summed E-state index contributed by atoms with van der Waals surface area (Å²) in [7, 11) is 3.12. The topological polar surface area (TPSA) is 55.8 Å². The van der Waals surface area contributed by atoms with Crippen molar-refractivity contribution in [2.24, 2.45) is 0 Å². The Hall–Kier alpha value is -1.71. The predicted octanol–water partition coefficient (Wildman–Crippen LogP) is 2.45. The number of carbonyl (C=O) groups is 1. The first kappa shape index (κ1) is 13.4. The Labute approximate surface area is 101 Å². The first-order valence-corrected chi connectivity index (χ1v) is 5.52. The smallest absolute Gasteiger partial charge is 0.310 e. The molecule has 0 saturated heterocycles. The molecular formula is C13H18O4. The van der Waals surface area contributed by atoms with Crippen molar-refractivity contribution in [3.8, 4) is 11.5 Å². The Bertz CT molecular complexity index is 412. The number of rotatable bonds is 5. The van der Waals surface area contributed by atoms with Gasteiger partial charge in [0, 0.05) is 11.6 Å². The molecule has 1 aromatic carbocycles. The molecule has 0 fully saturated rings. The van der Waals surface area contributed by atoms with Crippen molar-refractivity contribution in [2.75, 3.05) is 14.2 Å². The van der Waals surface area contributed by atoms with Gasteiger partial charge in [-0.15, -0.1) is 0 Å². The maximum absolute atomic E-state index is 11.0. The summed E-state index contributed by atoms with van der Waals surface area (Å²) in [4.78, 5) is 11.0. The molecule has 0 heterocycles. The van der Waals surface area contributed by atoms with Gasteiger partial charge in [0.2, 0.25) is 0 Å². The zero-order valence-corrected chi connectivity index (χ0v) is 10.6. The van der Waals surface area contributed by atoms with E-state index in [1.807, 2.05) is 13.0 Å². The van der Waals surface area contributed by atoms with E-state index >= 15 is 0 Å². The third-order valence-electron chi connectivity index (χ3n) is 2.85. The van der Waals surface area contributed by atoms with Crippen LogP contribution in [0.25, 0.3) is 0 Å². The molecule has 0 aliphatic carbocycles. The zero-order chi connectivity index (χ0) is 13.0. The second kappa shape index (κ2) is 5.57. The standard InChI is InChI=1S/C13H18O4/c1-5-9-6-10(8(2)13(14)15)12(17-4)7-11(9)16-3/h6-8H,5H2,1-4H3,(H,14,15). The molecule has 4 nitrogen and oxygen atoms in total. The molecule has 0 amide bonds. The summed E-state index contributed by atoms with van der Waals surface area (Å²) >= 11 is 0. The highest BCUT2D eigenvalue weighted by atomic mass is 16.5. The van der Waals surface area contributed by atoms with Gasteiger partial charge in [-0.1, -0.05) is 6.92 Å². The van der Waals surface area contributed by atoms with Crippen LogP contribution in [0.2, 0.25) is 0 Å². The average Bonchev–Trinajstić information content (AvgIpc) is 2.35. The molecule has 0 radical (unpaired) electrons. The predicted molar refractivity (Wildman–Crippen MR) is 65.0 cm³/mol. The van der Waals surface area contributed by atoms with E-state index in [0.717, 1.165) is 17.7 Å². The molecule has 0 bridgehead atoms. The molecule has 1 unspecified atom stereocenters. The van der Waals surface area contributed by atoms with Crippen LogP contribution in [0.3, 0.4) is 0 Å². The lowest BCUT2D eigenvalue weighted by Crippen LogP contribution is -2.10. The number of benzene rings is 1. The van der Waals surface area contributed by atoms with E-state index in [9.17, 15) is 4.79 Å². The van der Waals surface area contributed by atoms with E-state index in [-0.39, 0.29) is 0 Å².